The molecule has 3 aromatic carbocycles. The van der Waals surface area contributed by atoms with Gasteiger partial charge in [-0.05, 0) is 55.2 Å². The maximum Gasteiger partial charge on any atom is 0.257 e. The van der Waals surface area contributed by atoms with Gasteiger partial charge in [-0.1, -0.05) is 74.9 Å². The molecule has 5 aromatic rings. The molecule has 0 fully saturated rings. The van der Waals surface area contributed by atoms with Gasteiger partial charge >= 0.3 is 0 Å². The van der Waals surface area contributed by atoms with Crippen molar-refractivity contribution in [2.24, 2.45) is 0 Å². The zero-order valence-corrected chi connectivity index (χ0v) is 23.8. The summed E-state index contributed by atoms with van der Waals surface area (Å²) in [5, 5.41) is 14.5. The number of hydrogen-bond donors (Lipinski definition) is 1. The Hall–Kier alpha value is -4.47. The second-order valence-corrected chi connectivity index (χ2v) is 10.9. The molecule has 5 nitrogen and oxygen atoms in total. The molecule has 1 N–H and O–H groups in total. The van der Waals surface area contributed by atoms with E-state index in [1.165, 1.54) is 16.9 Å². The summed E-state index contributed by atoms with van der Waals surface area (Å²) in [6, 6.07) is 27.8. The number of hydrogen-bond acceptors (Lipinski definition) is 5. The minimum absolute atomic E-state index is 0.277. The third kappa shape index (κ3) is 5.61. The fourth-order valence-corrected chi connectivity index (χ4v) is 5.78. The van der Waals surface area contributed by atoms with Crippen molar-refractivity contribution in [2.75, 3.05) is 11.9 Å². The average molecular weight is 546 g/mol. The first kappa shape index (κ1) is 27.1. The zero-order valence-electron chi connectivity index (χ0n) is 23.0. The number of unbranched alkanes of at least 4 members (excludes halogenated alkanes) is 1. The summed E-state index contributed by atoms with van der Waals surface area (Å²) in [5.74, 6) is 0.500. The van der Waals surface area contributed by atoms with Crippen molar-refractivity contribution in [1.82, 2.24) is 4.98 Å². The summed E-state index contributed by atoms with van der Waals surface area (Å²) in [7, 11) is 0. The Morgan fingerprint density at radius 1 is 1.00 bits per heavy atom. The van der Waals surface area contributed by atoms with E-state index in [4.69, 9.17) is 9.72 Å². The molecule has 0 saturated heterocycles. The Morgan fingerprint density at radius 2 is 1.80 bits per heavy atom. The molecule has 200 valence electrons. The molecule has 0 spiro atoms. The van der Waals surface area contributed by atoms with Crippen LogP contribution in [0.1, 0.15) is 53.1 Å². The van der Waals surface area contributed by atoms with Gasteiger partial charge in [0, 0.05) is 21.4 Å². The third-order valence-electron chi connectivity index (χ3n) is 6.93. The second-order valence-electron chi connectivity index (χ2n) is 9.66. The van der Waals surface area contributed by atoms with Crippen LogP contribution < -0.4 is 10.1 Å². The smallest absolute Gasteiger partial charge is 0.257 e. The largest absolute Gasteiger partial charge is 0.494 e. The molecule has 0 unspecified atom stereocenters. The number of carbonyl (C=O) groups is 1. The van der Waals surface area contributed by atoms with Crippen molar-refractivity contribution in [1.29, 1.82) is 5.26 Å². The number of nitrogens with one attached hydrogen (secondary N) is 1. The predicted molar refractivity (Wildman–Crippen MR) is 164 cm³/mol. The summed E-state index contributed by atoms with van der Waals surface area (Å²) in [5.41, 5.74) is 6.34. The van der Waals surface area contributed by atoms with Gasteiger partial charge in [0.15, 0.2) is 0 Å². The van der Waals surface area contributed by atoms with Crippen LogP contribution >= 0.6 is 11.3 Å². The minimum Gasteiger partial charge on any atom is -0.494 e. The summed E-state index contributed by atoms with van der Waals surface area (Å²) < 4.78 is 5.90. The van der Waals surface area contributed by atoms with Crippen LogP contribution in [0.15, 0.2) is 78.9 Å². The van der Waals surface area contributed by atoms with Crippen LogP contribution in [0.4, 0.5) is 5.00 Å². The van der Waals surface area contributed by atoms with Gasteiger partial charge in [0.1, 0.15) is 16.8 Å². The Morgan fingerprint density at radius 3 is 2.55 bits per heavy atom. The van der Waals surface area contributed by atoms with E-state index in [1.807, 2.05) is 73.7 Å². The maximum atomic E-state index is 13.8. The van der Waals surface area contributed by atoms with Crippen LogP contribution in [0.3, 0.4) is 0 Å². The summed E-state index contributed by atoms with van der Waals surface area (Å²) in [6.07, 6.45) is 3.00. The van der Waals surface area contributed by atoms with Crippen molar-refractivity contribution in [2.45, 2.75) is 40.0 Å². The van der Waals surface area contributed by atoms with Crippen LogP contribution in [-0.2, 0) is 6.42 Å². The monoisotopic (exact) mass is 545 g/mol. The Balaban J connectivity index is 1.51. The van der Waals surface area contributed by atoms with Crippen molar-refractivity contribution in [3.05, 3.63) is 100 Å². The van der Waals surface area contributed by atoms with E-state index in [1.54, 1.807) is 0 Å². The molecule has 1 amide bonds. The molecular weight excluding hydrogens is 514 g/mol. The number of amides is 1. The van der Waals surface area contributed by atoms with Gasteiger partial charge in [0.25, 0.3) is 5.91 Å². The molecule has 0 atom stereocenters. The number of ether oxygens (including phenoxy) is 1. The molecule has 0 saturated carbocycles. The van der Waals surface area contributed by atoms with Crippen molar-refractivity contribution in [3.8, 4) is 34.2 Å². The summed E-state index contributed by atoms with van der Waals surface area (Å²) in [6.45, 7) is 6.89. The average Bonchev–Trinajstić information content (AvgIpc) is 3.31. The fraction of sp³-hybridized carbons (Fsp3) is 0.206. The minimum atomic E-state index is -0.277. The van der Waals surface area contributed by atoms with E-state index in [0.29, 0.717) is 28.4 Å². The number of pyridine rings is 1. The quantitative estimate of drug-likeness (QED) is 0.188. The maximum absolute atomic E-state index is 13.8. The molecule has 5 rings (SSSR count). The van der Waals surface area contributed by atoms with Gasteiger partial charge in [-0.3, -0.25) is 4.79 Å². The first-order valence-electron chi connectivity index (χ1n) is 13.6. The number of aryl methyl sites for hydroxylation is 2. The first-order valence-corrected chi connectivity index (χ1v) is 14.4. The van der Waals surface area contributed by atoms with Crippen molar-refractivity contribution >= 4 is 33.1 Å². The molecular formula is C34H31N3O2S. The molecule has 40 heavy (non-hydrogen) atoms. The van der Waals surface area contributed by atoms with Gasteiger partial charge in [0.2, 0.25) is 0 Å². The lowest BCUT2D eigenvalue weighted by atomic mass is 10.00. The van der Waals surface area contributed by atoms with E-state index >= 15 is 0 Å². The standard InChI is InChI=1S/C34H31N3O2S/c1-4-6-18-39-26-11-9-10-25(19-26)31-20-28(27-12-7-8-13-30(27)36-31)33(38)37-34-29(21-35)32(22(3)40-34)24-16-14-23(5-2)15-17-24/h7-17,19-20H,4-6,18H2,1-3H3,(H,37,38). The number of rotatable bonds is 9. The van der Waals surface area contributed by atoms with E-state index in [-0.39, 0.29) is 5.91 Å². The Bertz CT molecular complexity index is 1710. The van der Waals surface area contributed by atoms with Crippen LogP contribution in [0.2, 0.25) is 0 Å². The van der Waals surface area contributed by atoms with Gasteiger partial charge in [-0.2, -0.15) is 5.26 Å². The Kier molecular flexibility index (Phi) is 8.23. The number of anilines is 1. The van der Waals surface area contributed by atoms with Crippen LogP contribution in [-0.4, -0.2) is 17.5 Å². The fourth-order valence-electron chi connectivity index (χ4n) is 4.76. The third-order valence-corrected chi connectivity index (χ3v) is 7.95. The molecule has 2 heterocycles. The van der Waals surface area contributed by atoms with Crippen molar-refractivity contribution in [3.63, 3.8) is 0 Å². The number of fused-ring (bicyclic) bond motifs is 1. The summed E-state index contributed by atoms with van der Waals surface area (Å²) >= 11 is 1.42. The molecule has 0 aliphatic rings. The van der Waals surface area contributed by atoms with E-state index in [0.717, 1.165) is 57.5 Å². The normalized spacial score (nSPS) is 10.8. The van der Waals surface area contributed by atoms with Crippen LogP contribution in [0.5, 0.6) is 5.75 Å². The second kappa shape index (κ2) is 12.1. The molecule has 0 aliphatic heterocycles. The highest BCUT2D eigenvalue weighted by atomic mass is 32.1. The molecule has 0 aliphatic carbocycles. The first-order chi connectivity index (χ1) is 19.5. The van der Waals surface area contributed by atoms with Crippen LogP contribution in [0.25, 0.3) is 33.3 Å². The lowest BCUT2D eigenvalue weighted by Gasteiger charge is -2.12. The zero-order chi connectivity index (χ0) is 28.1. The SMILES string of the molecule is CCCCOc1cccc(-c2cc(C(=O)Nc3sc(C)c(-c4ccc(CC)cc4)c3C#N)c3ccccc3n2)c1. The lowest BCUT2D eigenvalue weighted by molar-refractivity contribution is 0.102. The molecule has 0 radical (unpaired) electrons. The van der Waals surface area contributed by atoms with Crippen LogP contribution in [0, 0.1) is 18.3 Å². The van der Waals surface area contributed by atoms with E-state index in [9.17, 15) is 10.1 Å². The summed E-state index contributed by atoms with van der Waals surface area (Å²) in [4.78, 5) is 19.6. The van der Waals surface area contributed by atoms with E-state index in [2.05, 4.69) is 37.4 Å². The van der Waals surface area contributed by atoms with Gasteiger partial charge in [-0.15, -0.1) is 11.3 Å². The number of nitrogens with zero attached hydrogens (tertiary/aromatic N) is 2. The highest BCUT2D eigenvalue weighted by molar-refractivity contribution is 7.17. The number of para-hydroxylation sites is 1. The predicted octanol–water partition coefficient (Wildman–Crippen LogP) is 8.80. The van der Waals surface area contributed by atoms with Gasteiger partial charge in [0.05, 0.1) is 28.9 Å². The number of carbonyl (C=O) groups excluding carboxylic acids is 1. The highest BCUT2D eigenvalue weighted by Crippen LogP contribution is 2.40. The Labute approximate surface area is 239 Å². The topological polar surface area (TPSA) is 75.0 Å². The molecule has 6 heteroatoms. The number of nitriles is 1. The van der Waals surface area contributed by atoms with Gasteiger partial charge in [-0.25, -0.2) is 4.98 Å². The number of thiophene rings is 1. The number of benzene rings is 3. The highest BCUT2D eigenvalue weighted by Gasteiger charge is 2.21. The molecule has 0 bridgehead atoms. The molecule has 2 aromatic heterocycles. The number of aromatic nitrogens is 1. The lowest BCUT2D eigenvalue weighted by Crippen LogP contribution is -2.13. The van der Waals surface area contributed by atoms with Gasteiger partial charge < -0.3 is 10.1 Å². The van der Waals surface area contributed by atoms with Crippen molar-refractivity contribution < 1.29 is 9.53 Å². The van der Waals surface area contributed by atoms with E-state index < -0.39 is 0 Å².